The van der Waals surface area contributed by atoms with Gasteiger partial charge in [-0.1, -0.05) is 0 Å². The van der Waals surface area contributed by atoms with Crippen molar-refractivity contribution in [3.05, 3.63) is 53.5 Å². The summed E-state index contributed by atoms with van der Waals surface area (Å²) in [7, 11) is 1.63. The van der Waals surface area contributed by atoms with E-state index in [1.807, 2.05) is 37.3 Å². The summed E-state index contributed by atoms with van der Waals surface area (Å²) >= 11 is 0. The van der Waals surface area contributed by atoms with E-state index in [4.69, 9.17) is 4.74 Å². The van der Waals surface area contributed by atoms with Crippen LogP contribution in [0.2, 0.25) is 0 Å². The molecule has 0 aliphatic carbocycles. The number of nitrogens with zero attached hydrogens (tertiary/aromatic N) is 3. The van der Waals surface area contributed by atoms with Crippen LogP contribution in [-0.4, -0.2) is 33.0 Å². The van der Waals surface area contributed by atoms with Crippen molar-refractivity contribution in [1.82, 2.24) is 20.0 Å². The van der Waals surface area contributed by atoms with E-state index in [1.165, 1.54) is 0 Å². The van der Waals surface area contributed by atoms with Crippen molar-refractivity contribution < 1.29 is 9.53 Å². The molecule has 3 aromatic rings. The van der Waals surface area contributed by atoms with Crippen molar-refractivity contribution in [2.75, 3.05) is 12.4 Å². The molecule has 1 atom stereocenters. The summed E-state index contributed by atoms with van der Waals surface area (Å²) in [5.41, 5.74) is 3.70. The molecule has 1 amide bonds. The molecule has 0 spiro atoms. The molecule has 0 bridgehead atoms. The number of methoxy groups -OCH3 is 1. The SMILES string of the molecule is COc1ccc(-n2nc(C)c3c2NC(=O)CC3c2ccn[nH]2)cc1. The van der Waals surface area contributed by atoms with Crippen LogP contribution in [-0.2, 0) is 4.79 Å². The number of hydrogen-bond donors (Lipinski definition) is 2. The molecule has 2 N–H and O–H groups in total. The minimum absolute atomic E-state index is 0.0308. The number of ether oxygens (including phenoxy) is 1. The highest BCUT2D eigenvalue weighted by Crippen LogP contribution is 2.39. The Kier molecular flexibility index (Phi) is 3.34. The van der Waals surface area contributed by atoms with Gasteiger partial charge in [0.15, 0.2) is 0 Å². The predicted molar refractivity (Wildman–Crippen MR) is 88.5 cm³/mol. The van der Waals surface area contributed by atoms with Gasteiger partial charge in [0.05, 0.1) is 18.5 Å². The largest absolute Gasteiger partial charge is 0.497 e. The van der Waals surface area contributed by atoms with Gasteiger partial charge < -0.3 is 10.1 Å². The highest BCUT2D eigenvalue weighted by Gasteiger charge is 2.33. The molecule has 1 aliphatic rings. The Morgan fingerprint density at radius 1 is 1.25 bits per heavy atom. The molecule has 3 heterocycles. The van der Waals surface area contributed by atoms with Crippen LogP contribution >= 0.6 is 0 Å². The maximum absolute atomic E-state index is 12.2. The van der Waals surface area contributed by atoms with Gasteiger partial charge in [-0.05, 0) is 37.3 Å². The quantitative estimate of drug-likeness (QED) is 0.775. The number of rotatable bonds is 3. The highest BCUT2D eigenvalue weighted by molar-refractivity contribution is 5.95. The molecule has 122 valence electrons. The average molecular weight is 323 g/mol. The van der Waals surface area contributed by atoms with Gasteiger partial charge in [-0.25, -0.2) is 4.68 Å². The first-order chi connectivity index (χ1) is 11.7. The fraction of sp³-hybridized carbons (Fsp3) is 0.235. The van der Waals surface area contributed by atoms with Gasteiger partial charge in [0.1, 0.15) is 11.6 Å². The number of H-pyrrole nitrogens is 1. The van der Waals surface area contributed by atoms with Gasteiger partial charge in [-0.15, -0.1) is 0 Å². The Bertz CT molecular complexity index is 881. The maximum atomic E-state index is 12.2. The Balaban J connectivity index is 1.84. The fourth-order valence-electron chi connectivity index (χ4n) is 3.18. The summed E-state index contributed by atoms with van der Waals surface area (Å²) in [5.74, 6) is 1.39. The Labute approximate surface area is 138 Å². The second-order valence-corrected chi connectivity index (χ2v) is 5.77. The molecular formula is C17H17N5O2. The molecule has 0 fully saturated rings. The van der Waals surface area contributed by atoms with E-state index >= 15 is 0 Å². The van der Waals surface area contributed by atoms with E-state index in [-0.39, 0.29) is 11.8 Å². The number of carbonyl (C=O) groups excluding carboxylic acids is 1. The zero-order valence-electron chi connectivity index (χ0n) is 13.4. The van der Waals surface area contributed by atoms with E-state index in [0.29, 0.717) is 12.2 Å². The molecule has 1 aliphatic heterocycles. The van der Waals surface area contributed by atoms with Crippen LogP contribution in [0.25, 0.3) is 5.69 Å². The predicted octanol–water partition coefficient (Wildman–Crippen LogP) is 2.39. The topological polar surface area (TPSA) is 84.8 Å². The van der Waals surface area contributed by atoms with E-state index < -0.39 is 0 Å². The number of amides is 1. The molecule has 4 rings (SSSR count). The number of carbonyl (C=O) groups is 1. The summed E-state index contributed by atoms with van der Waals surface area (Å²) in [5, 5.41) is 14.6. The molecule has 7 heteroatoms. The number of hydrogen-bond acceptors (Lipinski definition) is 4. The first-order valence-corrected chi connectivity index (χ1v) is 7.70. The van der Waals surface area contributed by atoms with Crippen molar-refractivity contribution in [2.24, 2.45) is 0 Å². The smallest absolute Gasteiger partial charge is 0.226 e. The molecule has 0 saturated carbocycles. The average Bonchev–Trinajstić information content (AvgIpc) is 3.23. The number of nitrogens with one attached hydrogen (secondary N) is 2. The second kappa shape index (κ2) is 5.52. The number of anilines is 1. The maximum Gasteiger partial charge on any atom is 0.226 e. The van der Waals surface area contributed by atoms with Crippen LogP contribution in [0.5, 0.6) is 5.75 Å². The lowest BCUT2D eigenvalue weighted by Gasteiger charge is -2.23. The van der Waals surface area contributed by atoms with Crippen molar-refractivity contribution in [1.29, 1.82) is 0 Å². The molecule has 1 unspecified atom stereocenters. The molecule has 24 heavy (non-hydrogen) atoms. The summed E-state index contributed by atoms with van der Waals surface area (Å²) in [4.78, 5) is 12.2. The normalized spacial score (nSPS) is 16.6. The number of aromatic nitrogens is 4. The highest BCUT2D eigenvalue weighted by atomic mass is 16.5. The van der Waals surface area contributed by atoms with E-state index in [9.17, 15) is 4.79 Å². The molecular weight excluding hydrogens is 306 g/mol. The van der Waals surface area contributed by atoms with Gasteiger partial charge in [-0.3, -0.25) is 9.89 Å². The second-order valence-electron chi connectivity index (χ2n) is 5.77. The summed E-state index contributed by atoms with van der Waals surface area (Å²) in [6.07, 6.45) is 2.08. The van der Waals surface area contributed by atoms with Crippen LogP contribution in [0.1, 0.15) is 29.3 Å². The van der Waals surface area contributed by atoms with Crippen molar-refractivity contribution in [3.8, 4) is 11.4 Å². The lowest BCUT2D eigenvalue weighted by Crippen LogP contribution is -2.25. The standard InChI is InChI=1S/C17H17N5O2/c1-10-16-13(14-7-8-18-20-14)9-15(23)19-17(16)22(21-10)11-3-5-12(24-2)6-4-11/h3-8,13H,9H2,1-2H3,(H,18,20)(H,19,23). The van der Waals surface area contributed by atoms with Crippen LogP contribution in [0, 0.1) is 6.92 Å². The van der Waals surface area contributed by atoms with Crippen LogP contribution in [0.15, 0.2) is 36.5 Å². The summed E-state index contributed by atoms with van der Waals surface area (Å²) in [6, 6.07) is 9.47. The van der Waals surface area contributed by atoms with E-state index in [1.54, 1.807) is 18.0 Å². The first-order valence-electron chi connectivity index (χ1n) is 7.70. The Morgan fingerprint density at radius 3 is 2.71 bits per heavy atom. The third-order valence-electron chi connectivity index (χ3n) is 4.32. The first kappa shape index (κ1) is 14.5. The van der Waals surface area contributed by atoms with E-state index in [0.717, 1.165) is 28.4 Å². The zero-order valence-corrected chi connectivity index (χ0v) is 13.4. The number of benzene rings is 1. The third-order valence-corrected chi connectivity index (χ3v) is 4.32. The zero-order chi connectivity index (χ0) is 16.7. The van der Waals surface area contributed by atoms with Crippen molar-refractivity contribution in [2.45, 2.75) is 19.3 Å². The van der Waals surface area contributed by atoms with Crippen LogP contribution in [0.3, 0.4) is 0 Å². The summed E-state index contributed by atoms with van der Waals surface area (Å²) < 4.78 is 6.96. The van der Waals surface area contributed by atoms with Crippen LogP contribution in [0.4, 0.5) is 5.82 Å². The molecule has 0 radical (unpaired) electrons. The van der Waals surface area contributed by atoms with Gasteiger partial charge in [-0.2, -0.15) is 10.2 Å². The minimum Gasteiger partial charge on any atom is -0.497 e. The van der Waals surface area contributed by atoms with Gasteiger partial charge >= 0.3 is 0 Å². The minimum atomic E-state index is -0.0664. The monoisotopic (exact) mass is 323 g/mol. The van der Waals surface area contributed by atoms with Gasteiger partial charge in [0, 0.05) is 29.8 Å². The van der Waals surface area contributed by atoms with Gasteiger partial charge in [0.2, 0.25) is 5.91 Å². The number of aryl methyl sites for hydroxylation is 1. The molecule has 0 saturated heterocycles. The fourth-order valence-corrected chi connectivity index (χ4v) is 3.18. The Morgan fingerprint density at radius 2 is 2.04 bits per heavy atom. The van der Waals surface area contributed by atoms with E-state index in [2.05, 4.69) is 20.6 Å². The molecule has 7 nitrogen and oxygen atoms in total. The molecule has 1 aromatic carbocycles. The van der Waals surface area contributed by atoms with Crippen molar-refractivity contribution in [3.63, 3.8) is 0 Å². The molecule has 2 aromatic heterocycles. The van der Waals surface area contributed by atoms with Crippen LogP contribution < -0.4 is 10.1 Å². The number of fused-ring (bicyclic) bond motifs is 1. The summed E-state index contributed by atoms with van der Waals surface area (Å²) in [6.45, 7) is 1.96. The lowest BCUT2D eigenvalue weighted by atomic mass is 9.89. The Hall–Kier alpha value is -3.09. The lowest BCUT2D eigenvalue weighted by molar-refractivity contribution is -0.116. The number of aromatic amines is 1. The van der Waals surface area contributed by atoms with Gasteiger partial charge in [0.25, 0.3) is 0 Å². The van der Waals surface area contributed by atoms with Crippen molar-refractivity contribution >= 4 is 11.7 Å². The third kappa shape index (κ3) is 2.25.